The predicted molar refractivity (Wildman–Crippen MR) is 131 cm³/mol. The largest absolute Gasteiger partial charge is 0.433 e. The first-order chi connectivity index (χ1) is 17.1. The lowest BCUT2D eigenvalue weighted by atomic mass is 9.76. The molecule has 0 radical (unpaired) electrons. The summed E-state index contributed by atoms with van der Waals surface area (Å²) in [5.74, 6) is -0.338. The maximum atomic E-state index is 13.3. The van der Waals surface area contributed by atoms with E-state index in [0.29, 0.717) is 17.5 Å². The van der Waals surface area contributed by atoms with Crippen molar-refractivity contribution in [3.63, 3.8) is 0 Å². The van der Waals surface area contributed by atoms with E-state index < -0.39 is 17.9 Å². The number of nitrogens with one attached hydrogen (secondary N) is 1. The molecule has 3 aromatic rings. The average molecular weight is 494 g/mol. The first kappa shape index (κ1) is 24.0. The van der Waals surface area contributed by atoms with Crippen molar-refractivity contribution in [1.82, 2.24) is 10.3 Å². The Hall–Kier alpha value is -3.68. The zero-order valence-electron chi connectivity index (χ0n) is 20.0. The molecule has 1 saturated carbocycles. The number of rotatable bonds is 5. The summed E-state index contributed by atoms with van der Waals surface area (Å²) in [5.41, 5.74) is 4.36. The number of benzene rings is 2. The van der Waals surface area contributed by atoms with Crippen molar-refractivity contribution in [2.24, 2.45) is 5.16 Å². The number of aromatic nitrogens is 1. The zero-order chi connectivity index (χ0) is 25.5. The van der Waals surface area contributed by atoms with Gasteiger partial charge in [-0.1, -0.05) is 41.1 Å². The molecular formula is C28H26F3N3O2. The molecular weight excluding hydrogens is 467 g/mol. The maximum absolute atomic E-state index is 13.3. The van der Waals surface area contributed by atoms with Crippen LogP contribution >= 0.6 is 0 Å². The highest BCUT2D eigenvalue weighted by atomic mass is 19.4. The first-order valence-corrected chi connectivity index (χ1v) is 11.9. The summed E-state index contributed by atoms with van der Waals surface area (Å²) in [7, 11) is 0. The van der Waals surface area contributed by atoms with Crippen LogP contribution < -0.4 is 5.32 Å². The van der Waals surface area contributed by atoms with Gasteiger partial charge in [0.05, 0.1) is 11.8 Å². The highest BCUT2D eigenvalue weighted by Gasteiger charge is 2.45. The maximum Gasteiger partial charge on any atom is 0.433 e. The Morgan fingerprint density at radius 1 is 1.03 bits per heavy atom. The topological polar surface area (TPSA) is 63.6 Å². The zero-order valence-corrected chi connectivity index (χ0v) is 20.0. The monoisotopic (exact) mass is 493 g/mol. The number of halogens is 3. The van der Waals surface area contributed by atoms with Gasteiger partial charge in [0, 0.05) is 23.7 Å². The number of alkyl halides is 3. The molecule has 1 aliphatic carbocycles. The van der Waals surface area contributed by atoms with Crippen LogP contribution in [-0.4, -0.2) is 22.2 Å². The van der Waals surface area contributed by atoms with Crippen LogP contribution in [0.1, 0.15) is 71.4 Å². The highest BCUT2D eigenvalue weighted by Crippen LogP contribution is 2.43. The molecule has 0 unspecified atom stereocenters. The molecule has 1 aliphatic heterocycles. The van der Waals surface area contributed by atoms with E-state index in [1.165, 1.54) is 6.07 Å². The fourth-order valence-electron chi connectivity index (χ4n) is 4.55. The number of carbonyl (C=O) groups excluding carboxylic acids is 1. The van der Waals surface area contributed by atoms with E-state index in [4.69, 9.17) is 4.84 Å². The van der Waals surface area contributed by atoms with E-state index in [9.17, 15) is 18.0 Å². The van der Waals surface area contributed by atoms with Crippen molar-refractivity contribution in [2.75, 3.05) is 0 Å². The molecule has 1 fully saturated rings. The lowest BCUT2D eigenvalue weighted by molar-refractivity contribution is -0.141. The third-order valence-corrected chi connectivity index (χ3v) is 6.94. The summed E-state index contributed by atoms with van der Waals surface area (Å²) in [6, 6.07) is 15.4. The average Bonchev–Trinajstić information content (AvgIpc) is 3.31. The Labute approximate surface area is 207 Å². The molecule has 1 atom stereocenters. The van der Waals surface area contributed by atoms with Crippen molar-refractivity contribution in [3.8, 4) is 11.1 Å². The van der Waals surface area contributed by atoms with Gasteiger partial charge in [0.1, 0.15) is 11.3 Å². The molecule has 5 rings (SSSR count). The summed E-state index contributed by atoms with van der Waals surface area (Å²) < 4.78 is 38.5. The van der Waals surface area contributed by atoms with Crippen LogP contribution in [0.2, 0.25) is 0 Å². The van der Waals surface area contributed by atoms with Gasteiger partial charge in [-0.15, -0.1) is 0 Å². The van der Waals surface area contributed by atoms with Crippen LogP contribution in [0.15, 0.2) is 65.9 Å². The molecule has 2 heterocycles. The van der Waals surface area contributed by atoms with Crippen LogP contribution in [-0.2, 0) is 11.0 Å². The number of hydrogen-bond acceptors (Lipinski definition) is 4. The number of amides is 1. The van der Waals surface area contributed by atoms with Gasteiger partial charge in [0.25, 0.3) is 5.91 Å². The lowest BCUT2D eigenvalue weighted by Gasteiger charge is -2.34. The van der Waals surface area contributed by atoms with Gasteiger partial charge in [-0.05, 0) is 74.1 Å². The van der Waals surface area contributed by atoms with Crippen molar-refractivity contribution < 1.29 is 22.8 Å². The van der Waals surface area contributed by atoms with Crippen LogP contribution in [0.5, 0.6) is 0 Å². The molecule has 2 aromatic carbocycles. The minimum atomic E-state index is -4.51. The Balaban J connectivity index is 1.42. The molecule has 1 N–H and O–H groups in total. The van der Waals surface area contributed by atoms with Gasteiger partial charge in [-0.25, -0.2) is 0 Å². The van der Waals surface area contributed by atoms with Crippen molar-refractivity contribution in [1.29, 1.82) is 0 Å². The molecule has 36 heavy (non-hydrogen) atoms. The number of hydrogen-bond donors (Lipinski definition) is 1. The first-order valence-electron chi connectivity index (χ1n) is 11.9. The molecule has 1 spiro atoms. The summed E-state index contributed by atoms with van der Waals surface area (Å²) in [6.07, 6.45) is 0.413. The van der Waals surface area contributed by atoms with Crippen LogP contribution in [0.3, 0.4) is 0 Å². The number of carbonyl (C=O) groups is 1. The van der Waals surface area contributed by atoms with Crippen LogP contribution in [0.4, 0.5) is 13.2 Å². The number of pyridine rings is 1. The molecule has 0 saturated heterocycles. The number of nitrogens with zero attached hydrogens (tertiary/aromatic N) is 2. The van der Waals surface area contributed by atoms with Gasteiger partial charge in [0.2, 0.25) is 0 Å². The lowest BCUT2D eigenvalue weighted by Crippen LogP contribution is -2.36. The SMILES string of the molecule is Cc1ccc(-c2cc(C(=O)N[C@H](C)c3ccc(C(F)(F)F)nc3)cc(C3=NOC4(CCC4)C3)c2)cc1. The molecule has 186 valence electrons. The van der Waals surface area contributed by atoms with E-state index >= 15 is 0 Å². The van der Waals surface area contributed by atoms with E-state index in [1.807, 2.05) is 43.3 Å². The van der Waals surface area contributed by atoms with Gasteiger partial charge >= 0.3 is 6.18 Å². The van der Waals surface area contributed by atoms with Gasteiger partial charge in [-0.2, -0.15) is 13.2 Å². The van der Waals surface area contributed by atoms with Crippen LogP contribution in [0, 0.1) is 6.92 Å². The van der Waals surface area contributed by atoms with E-state index in [-0.39, 0.29) is 11.5 Å². The molecule has 2 aliphatic rings. The molecule has 1 amide bonds. The van der Waals surface area contributed by atoms with E-state index in [0.717, 1.165) is 59.5 Å². The second kappa shape index (κ2) is 9.08. The summed E-state index contributed by atoms with van der Waals surface area (Å²) in [4.78, 5) is 22.5. The summed E-state index contributed by atoms with van der Waals surface area (Å²) in [5, 5.41) is 7.24. The Morgan fingerprint density at radius 3 is 2.33 bits per heavy atom. The Kier molecular flexibility index (Phi) is 6.06. The second-order valence-electron chi connectivity index (χ2n) is 9.68. The third-order valence-electron chi connectivity index (χ3n) is 6.94. The van der Waals surface area contributed by atoms with Gasteiger partial charge in [-0.3, -0.25) is 9.78 Å². The minimum absolute atomic E-state index is 0.207. The highest BCUT2D eigenvalue weighted by molar-refractivity contribution is 6.05. The summed E-state index contributed by atoms with van der Waals surface area (Å²) >= 11 is 0. The fourth-order valence-corrected chi connectivity index (χ4v) is 4.55. The summed E-state index contributed by atoms with van der Waals surface area (Å²) in [6.45, 7) is 3.72. The standard InChI is InChI=1S/C28H26F3N3O2/c1-17-4-6-19(7-5-17)21-12-22(24-15-27(36-34-24)10-3-11-27)14-23(13-21)26(35)33-18(2)20-8-9-25(32-16-20)28(29,30)31/h4-9,12-14,16,18H,3,10-11,15H2,1-2H3,(H,33,35)/t18-/m1/s1. The molecule has 1 aromatic heterocycles. The molecule has 8 heteroatoms. The van der Waals surface area contributed by atoms with Crippen molar-refractivity contribution in [3.05, 3.63) is 88.7 Å². The van der Waals surface area contributed by atoms with Crippen molar-refractivity contribution in [2.45, 2.75) is 57.3 Å². The van der Waals surface area contributed by atoms with E-state index in [1.54, 1.807) is 13.0 Å². The number of aryl methyl sites for hydroxylation is 1. The fraction of sp³-hybridized carbons (Fsp3) is 0.321. The Morgan fingerprint density at radius 2 is 1.75 bits per heavy atom. The quantitative estimate of drug-likeness (QED) is 0.435. The second-order valence-corrected chi connectivity index (χ2v) is 9.68. The van der Waals surface area contributed by atoms with Crippen molar-refractivity contribution >= 4 is 11.6 Å². The molecule has 5 nitrogen and oxygen atoms in total. The normalized spacial score (nSPS) is 17.2. The minimum Gasteiger partial charge on any atom is -0.389 e. The smallest absolute Gasteiger partial charge is 0.389 e. The Bertz CT molecular complexity index is 1310. The third kappa shape index (κ3) is 4.85. The number of oxime groups is 1. The van der Waals surface area contributed by atoms with E-state index in [2.05, 4.69) is 15.5 Å². The predicted octanol–water partition coefficient (Wildman–Crippen LogP) is 6.61. The van der Waals surface area contributed by atoms with Gasteiger partial charge < -0.3 is 10.2 Å². The molecule has 0 bridgehead atoms. The van der Waals surface area contributed by atoms with Gasteiger partial charge in [0.15, 0.2) is 0 Å². The van der Waals surface area contributed by atoms with Crippen LogP contribution in [0.25, 0.3) is 11.1 Å².